The molecule has 1 aromatic carbocycles. The fourth-order valence-electron chi connectivity index (χ4n) is 4.52. The molecule has 1 heterocycles. The van der Waals surface area contributed by atoms with Gasteiger partial charge in [0.2, 0.25) is 0 Å². The van der Waals surface area contributed by atoms with Crippen LogP contribution in [0.3, 0.4) is 0 Å². The Balaban J connectivity index is 1.68. The highest BCUT2D eigenvalue weighted by Crippen LogP contribution is 2.48. The molecule has 1 aromatic rings. The van der Waals surface area contributed by atoms with E-state index in [1.807, 2.05) is 0 Å². The van der Waals surface area contributed by atoms with E-state index in [1.54, 1.807) is 0 Å². The summed E-state index contributed by atoms with van der Waals surface area (Å²) >= 11 is 0. The lowest BCUT2D eigenvalue weighted by Gasteiger charge is -2.53. The number of piperidine rings is 1. The van der Waals surface area contributed by atoms with Crippen molar-refractivity contribution in [3.8, 4) is 0 Å². The second kappa shape index (κ2) is 5.50. The molecule has 1 aliphatic carbocycles. The van der Waals surface area contributed by atoms with Gasteiger partial charge in [-0.3, -0.25) is 4.90 Å². The molecule has 2 fully saturated rings. The smallest absolute Gasteiger partial charge is 0.0568 e. The molecular weight excluding hydrogens is 246 g/mol. The first-order valence-electron chi connectivity index (χ1n) is 8.03. The summed E-state index contributed by atoms with van der Waals surface area (Å²) in [5.74, 6) is 1.16. The zero-order valence-corrected chi connectivity index (χ0v) is 12.8. The van der Waals surface area contributed by atoms with E-state index in [0.717, 1.165) is 13.0 Å². The van der Waals surface area contributed by atoms with Gasteiger partial charge in [0.05, 0.1) is 6.10 Å². The van der Waals surface area contributed by atoms with Crippen molar-refractivity contribution in [2.45, 2.75) is 45.8 Å². The lowest BCUT2D eigenvalue weighted by molar-refractivity contribution is -0.0784. The van der Waals surface area contributed by atoms with Gasteiger partial charge in [0.15, 0.2) is 0 Å². The van der Waals surface area contributed by atoms with Crippen molar-refractivity contribution in [2.24, 2.45) is 17.3 Å². The van der Waals surface area contributed by atoms with Crippen LogP contribution in [0.2, 0.25) is 0 Å². The SMILES string of the molecule is C[C@@H]1[C@H](O)CC[C@@]2(C)CN(Cc3ccccc3)CC[C@@H]12. The third-order valence-electron chi connectivity index (χ3n) is 5.74. The van der Waals surface area contributed by atoms with E-state index in [4.69, 9.17) is 0 Å². The zero-order chi connectivity index (χ0) is 14.2. The molecule has 1 saturated carbocycles. The molecule has 20 heavy (non-hydrogen) atoms. The van der Waals surface area contributed by atoms with Crippen molar-refractivity contribution in [1.82, 2.24) is 4.90 Å². The van der Waals surface area contributed by atoms with Crippen LogP contribution in [-0.4, -0.2) is 29.2 Å². The summed E-state index contributed by atoms with van der Waals surface area (Å²) in [4.78, 5) is 2.61. The van der Waals surface area contributed by atoms with Crippen LogP contribution in [0.25, 0.3) is 0 Å². The van der Waals surface area contributed by atoms with Crippen LogP contribution in [0.4, 0.5) is 0 Å². The predicted molar refractivity (Wildman–Crippen MR) is 82.3 cm³/mol. The van der Waals surface area contributed by atoms with Crippen molar-refractivity contribution in [3.05, 3.63) is 35.9 Å². The number of aliphatic hydroxyl groups is 1. The van der Waals surface area contributed by atoms with Crippen molar-refractivity contribution in [3.63, 3.8) is 0 Å². The maximum absolute atomic E-state index is 10.1. The summed E-state index contributed by atoms with van der Waals surface area (Å²) in [5.41, 5.74) is 1.81. The third kappa shape index (κ3) is 2.64. The van der Waals surface area contributed by atoms with Gasteiger partial charge >= 0.3 is 0 Å². The first kappa shape index (κ1) is 14.1. The molecule has 2 heteroatoms. The molecule has 1 N–H and O–H groups in total. The van der Waals surface area contributed by atoms with Gasteiger partial charge in [-0.15, -0.1) is 0 Å². The number of hydrogen-bond acceptors (Lipinski definition) is 2. The Morgan fingerprint density at radius 2 is 2.00 bits per heavy atom. The van der Waals surface area contributed by atoms with E-state index in [2.05, 4.69) is 49.1 Å². The highest BCUT2D eigenvalue weighted by molar-refractivity contribution is 5.14. The molecule has 0 amide bonds. The van der Waals surface area contributed by atoms with Gasteiger partial charge in [0.25, 0.3) is 0 Å². The van der Waals surface area contributed by atoms with Crippen molar-refractivity contribution in [2.75, 3.05) is 13.1 Å². The van der Waals surface area contributed by atoms with E-state index in [9.17, 15) is 5.11 Å². The van der Waals surface area contributed by atoms with Gasteiger partial charge in [-0.1, -0.05) is 44.2 Å². The van der Waals surface area contributed by atoms with Crippen LogP contribution in [0.15, 0.2) is 30.3 Å². The molecule has 110 valence electrons. The Kier molecular flexibility index (Phi) is 3.87. The number of aliphatic hydroxyl groups excluding tert-OH is 1. The van der Waals surface area contributed by atoms with Crippen LogP contribution in [0.5, 0.6) is 0 Å². The highest BCUT2D eigenvalue weighted by Gasteiger charge is 2.46. The van der Waals surface area contributed by atoms with Gasteiger partial charge in [-0.25, -0.2) is 0 Å². The Hall–Kier alpha value is -0.860. The lowest BCUT2D eigenvalue weighted by Crippen LogP contribution is -2.53. The quantitative estimate of drug-likeness (QED) is 0.893. The molecule has 1 aliphatic heterocycles. The largest absolute Gasteiger partial charge is 0.393 e. The second-order valence-corrected chi connectivity index (χ2v) is 7.21. The molecule has 0 bridgehead atoms. The van der Waals surface area contributed by atoms with Crippen molar-refractivity contribution >= 4 is 0 Å². The van der Waals surface area contributed by atoms with Gasteiger partial charge in [-0.05, 0) is 48.6 Å². The topological polar surface area (TPSA) is 23.5 Å². The van der Waals surface area contributed by atoms with Crippen molar-refractivity contribution in [1.29, 1.82) is 0 Å². The predicted octanol–water partition coefficient (Wildman–Crippen LogP) is 3.31. The van der Waals surface area contributed by atoms with Gasteiger partial charge < -0.3 is 5.11 Å². The minimum absolute atomic E-state index is 0.0752. The Morgan fingerprint density at radius 1 is 1.25 bits per heavy atom. The normalized spacial score (nSPS) is 38.5. The van der Waals surface area contributed by atoms with Crippen LogP contribution in [-0.2, 0) is 6.54 Å². The molecule has 4 atom stereocenters. The molecule has 0 radical (unpaired) electrons. The summed E-state index contributed by atoms with van der Waals surface area (Å²) in [7, 11) is 0. The molecule has 1 saturated heterocycles. The van der Waals surface area contributed by atoms with Crippen LogP contribution in [0, 0.1) is 17.3 Å². The fraction of sp³-hybridized carbons (Fsp3) is 0.667. The molecular formula is C18H27NO. The van der Waals surface area contributed by atoms with Gasteiger partial charge in [0, 0.05) is 13.1 Å². The highest BCUT2D eigenvalue weighted by atomic mass is 16.3. The average molecular weight is 273 g/mol. The van der Waals surface area contributed by atoms with E-state index >= 15 is 0 Å². The second-order valence-electron chi connectivity index (χ2n) is 7.21. The zero-order valence-electron chi connectivity index (χ0n) is 12.8. The van der Waals surface area contributed by atoms with Crippen molar-refractivity contribution < 1.29 is 5.11 Å². The van der Waals surface area contributed by atoms with E-state index in [0.29, 0.717) is 17.3 Å². The first-order valence-corrected chi connectivity index (χ1v) is 8.03. The number of hydrogen-bond donors (Lipinski definition) is 1. The number of nitrogens with zero attached hydrogens (tertiary/aromatic N) is 1. The van der Waals surface area contributed by atoms with Gasteiger partial charge in [0.1, 0.15) is 0 Å². The van der Waals surface area contributed by atoms with Gasteiger partial charge in [-0.2, -0.15) is 0 Å². The maximum Gasteiger partial charge on any atom is 0.0568 e. The summed E-state index contributed by atoms with van der Waals surface area (Å²) in [5, 5.41) is 10.1. The standard InChI is InChI=1S/C18H27NO/c1-14-16-9-11-19(12-15-6-4-3-5-7-15)13-18(16,2)10-8-17(14)20/h3-7,14,16-17,20H,8-13H2,1-2H3/t14-,16-,17+,18-/m0/s1. The maximum atomic E-state index is 10.1. The van der Waals surface area contributed by atoms with E-state index in [1.165, 1.54) is 31.5 Å². The molecule has 0 spiro atoms. The summed E-state index contributed by atoms with van der Waals surface area (Å²) < 4.78 is 0. The summed E-state index contributed by atoms with van der Waals surface area (Å²) in [6, 6.07) is 10.8. The Labute approximate surface area is 122 Å². The molecule has 0 unspecified atom stereocenters. The first-order chi connectivity index (χ1) is 9.58. The van der Waals surface area contributed by atoms with Crippen LogP contribution >= 0.6 is 0 Å². The number of likely N-dealkylation sites (tertiary alicyclic amines) is 1. The molecule has 3 rings (SSSR count). The monoisotopic (exact) mass is 273 g/mol. The number of fused-ring (bicyclic) bond motifs is 1. The summed E-state index contributed by atoms with van der Waals surface area (Å²) in [6.45, 7) is 8.12. The average Bonchev–Trinajstić information content (AvgIpc) is 2.44. The number of rotatable bonds is 2. The molecule has 0 aromatic heterocycles. The Bertz CT molecular complexity index is 446. The third-order valence-corrected chi connectivity index (χ3v) is 5.74. The minimum Gasteiger partial charge on any atom is -0.393 e. The van der Waals surface area contributed by atoms with Crippen LogP contribution < -0.4 is 0 Å². The van der Waals surface area contributed by atoms with Crippen LogP contribution in [0.1, 0.15) is 38.7 Å². The summed E-state index contributed by atoms with van der Waals surface area (Å²) in [6.07, 6.45) is 3.32. The minimum atomic E-state index is -0.0752. The molecule has 2 aliphatic rings. The fourth-order valence-corrected chi connectivity index (χ4v) is 4.52. The lowest BCUT2D eigenvalue weighted by atomic mass is 9.59. The van der Waals surface area contributed by atoms with E-state index < -0.39 is 0 Å². The molecule has 2 nitrogen and oxygen atoms in total. The Morgan fingerprint density at radius 3 is 2.75 bits per heavy atom. The number of benzene rings is 1. The van der Waals surface area contributed by atoms with E-state index in [-0.39, 0.29) is 6.10 Å².